The highest BCUT2D eigenvalue weighted by Gasteiger charge is 2.07. The molecule has 0 atom stereocenters. The maximum Gasteiger partial charge on any atom is 0.335 e. The van der Waals surface area contributed by atoms with Gasteiger partial charge in [-0.3, -0.25) is 0 Å². The fourth-order valence-corrected chi connectivity index (χ4v) is 1.65. The molecule has 0 heterocycles. The molecule has 0 aromatic heterocycles. The first kappa shape index (κ1) is 19.9. The Bertz CT molecular complexity index is 702. The lowest BCUT2D eigenvalue weighted by Crippen LogP contribution is -2.11. The van der Waals surface area contributed by atoms with Crippen molar-refractivity contribution < 1.29 is 28.9 Å². The molecule has 0 radical (unpaired) electrons. The van der Waals surface area contributed by atoms with Crippen LogP contribution in [0.15, 0.2) is 36.4 Å². The Morgan fingerprint density at radius 3 is 2.76 bits per heavy atom. The van der Waals surface area contributed by atoms with Crippen LogP contribution in [0, 0.1) is 11.3 Å². The van der Waals surface area contributed by atoms with Gasteiger partial charge in [0.1, 0.15) is 12.4 Å². The lowest BCUT2D eigenvalue weighted by molar-refractivity contribution is -0.145. The van der Waals surface area contributed by atoms with Crippen molar-refractivity contribution >= 4 is 18.0 Å². The van der Waals surface area contributed by atoms with Gasteiger partial charge < -0.3 is 19.3 Å². The van der Waals surface area contributed by atoms with E-state index in [0.29, 0.717) is 16.9 Å². The fraction of sp³-hybridized carbons (Fsp3) is 0.278. The summed E-state index contributed by atoms with van der Waals surface area (Å²) in [6.07, 6.45) is 2.87. The lowest BCUT2D eigenvalue weighted by atomic mass is 10.1. The van der Waals surface area contributed by atoms with Crippen molar-refractivity contribution in [3.8, 4) is 11.8 Å². The lowest BCUT2D eigenvalue weighted by Gasteiger charge is -2.11. The van der Waals surface area contributed by atoms with E-state index >= 15 is 0 Å². The van der Waals surface area contributed by atoms with Gasteiger partial charge in [0.2, 0.25) is 6.79 Å². The van der Waals surface area contributed by atoms with Gasteiger partial charge in [-0.05, 0) is 30.7 Å². The van der Waals surface area contributed by atoms with Crippen LogP contribution in [0.25, 0.3) is 6.08 Å². The fourth-order valence-electron chi connectivity index (χ4n) is 1.65. The Labute approximate surface area is 145 Å². The summed E-state index contributed by atoms with van der Waals surface area (Å²) in [6, 6.07) is 6.73. The first-order chi connectivity index (χ1) is 12.0. The van der Waals surface area contributed by atoms with E-state index in [1.165, 1.54) is 19.1 Å². The van der Waals surface area contributed by atoms with Crippen LogP contribution in [-0.2, 0) is 25.7 Å². The number of nitrogens with zero attached hydrogens (tertiary/aromatic N) is 1. The first-order valence-corrected chi connectivity index (χ1v) is 7.39. The van der Waals surface area contributed by atoms with Gasteiger partial charge in [-0.2, -0.15) is 5.26 Å². The molecule has 132 valence electrons. The number of ether oxygens (including phenoxy) is 3. The molecular formula is C18H19NO6. The number of rotatable bonds is 9. The van der Waals surface area contributed by atoms with Crippen LogP contribution in [0.4, 0.5) is 0 Å². The Balaban J connectivity index is 2.65. The number of aliphatic hydroxyl groups is 1. The predicted molar refractivity (Wildman–Crippen MR) is 89.0 cm³/mol. The average molecular weight is 345 g/mol. The third-order valence-corrected chi connectivity index (χ3v) is 2.88. The van der Waals surface area contributed by atoms with Crippen LogP contribution in [0.1, 0.15) is 24.5 Å². The summed E-state index contributed by atoms with van der Waals surface area (Å²) >= 11 is 0. The highest BCUT2D eigenvalue weighted by Crippen LogP contribution is 2.21. The summed E-state index contributed by atoms with van der Waals surface area (Å²) in [5.41, 5.74) is 1.37. The molecule has 0 saturated heterocycles. The van der Waals surface area contributed by atoms with Gasteiger partial charge in [0.25, 0.3) is 0 Å². The van der Waals surface area contributed by atoms with E-state index in [-0.39, 0.29) is 32.0 Å². The largest absolute Gasteiger partial charge is 0.461 e. The van der Waals surface area contributed by atoms with Gasteiger partial charge in [0.05, 0.1) is 19.1 Å². The summed E-state index contributed by atoms with van der Waals surface area (Å²) in [7, 11) is 0. The molecule has 7 heteroatoms. The monoisotopic (exact) mass is 345 g/mol. The van der Waals surface area contributed by atoms with Gasteiger partial charge in [-0.15, -0.1) is 0 Å². The van der Waals surface area contributed by atoms with E-state index in [0.717, 1.165) is 0 Å². The Hall–Kier alpha value is -3.11. The van der Waals surface area contributed by atoms with Crippen molar-refractivity contribution in [2.75, 3.05) is 13.4 Å². The quantitative estimate of drug-likeness (QED) is 0.316. The molecule has 25 heavy (non-hydrogen) atoms. The molecular weight excluding hydrogens is 326 g/mol. The van der Waals surface area contributed by atoms with E-state index < -0.39 is 11.9 Å². The second-order valence-electron chi connectivity index (χ2n) is 4.91. The number of carbonyl (C=O) groups excluding carboxylic acids is 2. The second-order valence-corrected chi connectivity index (χ2v) is 4.91. The second kappa shape index (κ2) is 10.6. The summed E-state index contributed by atoms with van der Waals surface area (Å²) in [5, 5.41) is 17.8. The molecule has 1 aromatic carbocycles. The number of benzene rings is 1. The number of aliphatic hydroxyl groups excluding tert-OH is 1. The van der Waals surface area contributed by atoms with Crippen molar-refractivity contribution in [1.82, 2.24) is 0 Å². The van der Waals surface area contributed by atoms with Crippen molar-refractivity contribution in [3.05, 3.63) is 47.6 Å². The highest BCUT2D eigenvalue weighted by atomic mass is 16.7. The number of hydrogen-bond acceptors (Lipinski definition) is 7. The van der Waals surface area contributed by atoms with Crippen LogP contribution in [-0.4, -0.2) is 30.4 Å². The number of nitriles is 1. The normalized spacial score (nSPS) is 10.1. The molecule has 7 nitrogen and oxygen atoms in total. The van der Waals surface area contributed by atoms with Crippen molar-refractivity contribution in [3.63, 3.8) is 0 Å². The Kier molecular flexibility index (Phi) is 8.47. The minimum atomic E-state index is -0.569. The molecule has 0 unspecified atom stereocenters. The SMILES string of the molecule is C=C(C)C(=O)OCOc1ccc(/C=C/C(=O)OCCC#N)cc1CO. The Morgan fingerprint density at radius 2 is 2.12 bits per heavy atom. The summed E-state index contributed by atoms with van der Waals surface area (Å²) in [6.45, 7) is 4.41. The van der Waals surface area contributed by atoms with Crippen molar-refractivity contribution in [2.45, 2.75) is 20.0 Å². The number of esters is 2. The molecule has 1 aromatic rings. The molecule has 0 spiro atoms. The molecule has 0 aliphatic carbocycles. The van der Waals surface area contributed by atoms with Crippen molar-refractivity contribution in [1.29, 1.82) is 5.26 Å². The standard InChI is InChI=1S/C18H19NO6/c1-13(2)18(22)25-12-24-16-6-4-14(10-15(16)11-20)5-7-17(21)23-9-3-8-19/h4-7,10,20H,1,3,9,11-12H2,2H3/b7-5+. The number of hydrogen-bond donors (Lipinski definition) is 1. The van der Waals surface area contributed by atoms with Crippen LogP contribution >= 0.6 is 0 Å². The zero-order chi connectivity index (χ0) is 18.7. The molecule has 0 amide bonds. The zero-order valence-electron chi connectivity index (χ0n) is 13.9. The molecule has 0 saturated carbocycles. The van der Waals surface area contributed by atoms with Gasteiger partial charge in [-0.25, -0.2) is 9.59 Å². The average Bonchev–Trinajstić information content (AvgIpc) is 2.60. The molecule has 1 rings (SSSR count). The van der Waals surface area contributed by atoms with E-state index in [4.69, 9.17) is 19.5 Å². The third kappa shape index (κ3) is 7.33. The maximum absolute atomic E-state index is 11.4. The molecule has 0 aliphatic rings. The van der Waals surface area contributed by atoms with E-state index in [2.05, 4.69) is 6.58 Å². The van der Waals surface area contributed by atoms with Gasteiger partial charge in [0, 0.05) is 17.2 Å². The van der Waals surface area contributed by atoms with Crippen LogP contribution in [0.3, 0.4) is 0 Å². The summed E-state index contributed by atoms with van der Waals surface area (Å²) < 4.78 is 14.9. The van der Waals surface area contributed by atoms with Crippen LogP contribution < -0.4 is 4.74 Å². The van der Waals surface area contributed by atoms with Gasteiger partial charge in [-0.1, -0.05) is 12.6 Å². The molecule has 0 fully saturated rings. The minimum absolute atomic E-state index is 0.0389. The first-order valence-electron chi connectivity index (χ1n) is 7.39. The molecule has 0 bridgehead atoms. The zero-order valence-corrected chi connectivity index (χ0v) is 13.9. The maximum atomic E-state index is 11.4. The topological polar surface area (TPSA) is 106 Å². The number of carbonyl (C=O) groups is 2. The Morgan fingerprint density at radius 1 is 1.36 bits per heavy atom. The van der Waals surface area contributed by atoms with E-state index in [9.17, 15) is 14.7 Å². The van der Waals surface area contributed by atoms with Crippen LogP contribution in [0.5, 0.6) is 5.75 Å². The molecule has 1 N–H and O–H groups in total. The molecule has 0 aliphatic heterocycles. The van der Waals surface area contributed by atoms with E-state index in [1.807, 2.05) is 6.07 Å². The highest BCUT2D eigenvalue weighted by molar-refractivity contribution is 5.87. The summed E-state index contributed by atoms with van der Waals surface area (Å²) in [4.78, 5) is 22.7. The van der Waals surface area contributed by atoms with Gasteiger partial charge >= 0.3 is 11.9 Å². The van der Waals surface area contributed by atoms with Gasteiger partial charge in [0.15, 0.2) is 0 Å². The predicted octanol–water partition coefficient (Wildman–Crippen LogP) is 2.10. The third-order valence-electron chi connectivity index (χ3n) is 2.88. The van der Waals surface area contributed by atoms with E-state index in [1.54, 1.807) is 18.2 Å². The van der Waals surface area contributed by atoms with Crippen LogP contribution in [0.2, 0.25) is 0 Å². The smallest absolute Gasteiger partial charge is 0.335 e. The van der Waals surface area contributed by atoms with Crippen molar-refractivity contribution in [2.24, 2.45) is 0 Å². The summed E-state index contributed by atoms with van der Waals surface area (Å²) in [5.74, 6) is -0.779. The minimum Gasteiger partial charge on any atom is -0.461 e.